The molecule has 0 atom stereocenters. The molecular weight excluding hydrogens is 458 g/mol. The summed E-state index contributed by atoms with van der Waals surface area (Å²) in [6, 6.07) is 9.64. The summed E-state index contributed by atoms with van der Waals surface area (Å²) in [5.41, 5.74) is 2.48. The Labute approximate surface area is 190 Å². The molecule has 2 N–H and O–H groups in total. The van der Waals surface area contributed by atoms with Crippen molar-refractivity contribution >= 4 is 37.3 Å². The molecule has 0 unspecified atom stereocenters. The SMILES string of the molecule is C1CCC2=NCCCN2CC1.C=C(Br)c1cc(O)cc2nc(-c3ccc(O)cc3)oc12. The zero-order valence-electron chi connectivity index (χ0n) is 17.4. The monoisotopic (exact) mass is 483 g/mol. The number of rotatable bonds is 2. The Balaban J connectivity index is 0.000000177. The van der Waals surface area contributed by atoms with Crippen LogP contribution in [0.4, 0.5) is 0 Å². The van der Waals surface area contributed by atoms with Crippen molar-refractivity contribution in [3.05, 3.63) is 48.5 Å². The summed E-state index contributed by atoms with van der Waals surface area (Å²) >= 11 is 3.29. The molecule has 2 aromatic carbocycles. The highest BCUT2D eigenvalue weighted by molar-refractivity contribution is 9.15. The molecule has 2 aliphatic rings. The third kappa shape index (κ3) is 5.10. The predicted octanol–water partition coefficient (Wildman–Crippen LogP) is 5.94. The second kappa shape index (κ2) is 9.56. The number of aliphatic imine (C=N–C) groups is 1. The van der Waals surface area contributed by atoms with E-state index in [1.54, 1.807) is 30.3 Å². The molecule has 6 nitrogen and oxygen atoms in total. The maximum atomic E-state index is 9.70. The van der Waals surface area contributed by atoms with Crippen molar-refractivity contribution in [1.82, 2.24) is 9.88 Å². The van der Waals surface area contributed by atoms with Crippen molar-refractivity contribution < 1.29 is 14.6 Å². The van der Waals surface area contributed by atoms with E-state index in [1.807, 2.05) is 0 Å². The van der Waals surface area contributed by atoms with Crippen LogP contribution in [0.2, 0.25) is 0 Å². The van der Waals surface area contributed by atoms with Crippen molar-refractivity contribution in [1.29, 1.82) is 0 Å². The molecule has 3 aromatic rings. The predicted molar refractivity (Wildman–Crippen MR) is 128 cm³/mol. The molecular formula is C24H26BrN3O3. The van der Waals surface area contributed by atoms with E-state index in [-0.39, 0.29) is 11.5 Å². The van der Waals surface area contributed by atoms with Crippen LogP contribution in [0, 0.1) is 0 Å². The van der Waals surface area contributed by atoms with Crippen molar-refractivity contribution in [3.63, 3.8) is 0 Å². The molecule has 31 heavy (non-hydrogen) atoms. The Hall–Kier alpha value is -2.80. The molecule has 1 fully saturated rings. The quantitative estimate of drug-likeness (QED) is 0.471. The lowest BCUT2D eigenvalue weighted by Gasteiger charge is -2.27. The zero-order valence-corrected chi connectivity index (χ0v) is 18.9. The number of phenols is 2. The van der Waals surface area contributed by atoms with Crippen molar-refractivity contribution in [2.24, 2.45) is 4.99 Å². The van der Waals surface area contributed by atoms with Gasteiger partial charge in [-0.3, -0.25) is 4.99 Å². The summed E-state index contributed by atoms with van der Waals surface area (Å²) in [7, 11) is 0. The number of nitrogens with zero attached hydrogens (tertiary/aromatic N) is 3. The van der Waals surface area contributed by atoms with E-state index in [0.717, 1.165) is 12.1 Å². The number of halogens is 1. The first kappa shape index (κ1) is 21.4. The third-order valence-corrected chi connectivity index (χ3v) is 5.88. The number of hydrogen-bond acceptors (Lipinski definition) is 6. The highest BCUT2D eigenvalue weighted by atomic mass is 79.9. The summed E-state index contributed by atoms with van der Waals surface area (Å²) in [6.07, 6.45) is 6.63. The van der Waals surface area contributed by atoms with Gasteiger partial charge in [-0.15, -0.1) is 0 Å². The number of aromatic hydroxyl groups is 2. The fourth-order valence-electron chi connectivity index (χ4n) is 3.89. The van der Waals surface area contributed by atoms with E-state index < -0.39 is 0 Å². The fraction of sp³-hybridized carbons (Fsp3) is 0.333. The van der Waals surface area contributed by atoms with Gasteiger partial charge >= 0.3 is 0 Å². The molecule has 0 saturated carbocycles. The molecule has 3 heterocycles. The minimum atomic E-state index is 0.0960. The lowest BCUT2D eigenvalue weighted by molar-refractivity contribution is 0.391. The Kier molecular flexibility index (Phi) is 6.61. The van der Waals surface area contributed by atoms with Gasteiger partial charge in [-0.05, 0) is 49.6 Å². The second-order valence-corrected chi connectivity index (χ2v) is 8.72. The van der Waals surface area contributed by atoms with Crippen molar-refractivity contribution in [2.45, 2.75) is 32.1 Å². The van der Waals surface area contributed by atoms with E-state index in [2.05, 4.69) is 37.4 Å². The molecule has 0 amide bonds. The standard InChI is InChI=1S/C15H10BrNO3.C9H16N2/c1-8(16)12-6-11(19)7-13-14(12)20-15(17-13)9-2-4-10(18)5-3-9;1-2-5-9-10-6-4-8-11(9)7-3-1/h2-7,18-19H,1H2;1-8H2. The maximum absolute atomic E-state index is 9.70. The van der Waals surface area contributed by atoms with E-state index in [9.17, 15) is 10.2 Å². The van der Waals surface area contributed by atoms with Gasteiger partial charge in [0.15, 0.2) is 5.58 Å². The first-order valence-corrected chi connectivity index (χ1v) is 11.4. The number of benzene rings is 2. The van der Waals surface area contributed by atoms with Crippen LogP contribution in [0.15, 0.2) is 52.4 Å². The first-order valence-electron chi connectivity index (χ1n) is 10.6. The smallest absolute Gasteiger partial charge is 0.227 e. The number of aromatic nitrogens is 1. The summed E-state index contributed by atoms with van der Waals surface area (Å²) in [5, 5.41) is 19.0. The van der Waals surface area contributed by atoms with Crippen LogP contribution in [0.3, 0.4) is 0 Å². The van der Waals surface area contributed by atoms with Crippen LogP contribution >= 0.6 is 15.9 Å². The van der Waals surface area contributed by atoms with Crippen LogP contribution < -0.4 is 0 Å². The third-order valence-electron chi connectivity index (χ3n) is 5.46. The van der Waals surface area contributed by atoms with E-state index in [4.69, 9.17) is 4.42 Å². The van der Waals surface area contributed by atoms with Gasteiger partial charge < -0.3 is 19.5 Å². The van der Waals surface area contributed by atoms with E-state index in [1.165, 1.54) is 57.1 Å². The van der Waals surface area contributed by atoms with E-state index >= 15 is 0 Å². The van der Waals surface area contributed by atoms with Crippen molar-refractivity contribution in [2.75, 3.05) is 19.6 Å². The van der Waals surface area contributed by atoms with Crippen LogP contribution in [0.5, 0.6) is 11.5 Å². The molecule has 162 valence electrons. The summed E-state index contributed by atoms with van der Waals surface area (Å²) in [4.78, 5) is 11.4. The van der Waals surface area contributed by atoms with Crippen LogP contribution in [-0.2, 0) is 0 Å². The van der Waals surface area contributed by atoms with Gasteiger partial charge in [-0.1, -0.05) is 28.9 Å². The van der Waals surface area contributed by atoms with Gasteiger partial charge in [-0.2, -0.15) is 0 Å². The van der Waals surface area contributed by atoms with E-state index in [0.29, 0.717) is 27.0 Å². The first-order chi connectivity index (χ1) is 15.0. The lowest BCUT2D eigenvalue weighted by Crippen LogP contribution is -2.34. The average Bonchev–Trinajstić information content (AvgIpc) is 3.03. The highest BCUT2D eigenvalue weighted by Gasteiger charge is 2.17. The summed E-state index contributed by atoms with van der Waals surface area (Å²) in [6.45, 7) is 7.40. The Morgan fingerprint density at radius 3 is 2.55 bits per heavy atom. The van der Waals surface area contributed by atoms with Crippen LogP contribution in [0.1, 0.15) is 37.7 Å². The molecule has 0 aliphatic carbocycles. The molecule has 0 bridgehead atoms. The summed E-state index contributed by atoms with van der Waals surface area (Å²) in [5.74, 6) is 2.09. The van der Waals surface area contributed by atoms with Crippen LogP contribution in [0.25, 0.3) is 27.0 Å². The fourth-order valence-corrected chi connectivity index (χ4v) is 4.18. The maximum Gasteiger partial charge on any atom is 0.227 e. The summed E-state index contributed by atoms with van der Waals surface area (Å²) < 4.78 is 6.35. The lowest BCUT2D eigenvalue weighted by atomic mass is 10.2. The van der Waals surface area contributed by atoms with Gasteiger partial charge in [0.05, 0.1) is 5.84 Å². The number of oxazole rings is 1. The number of hydrogen-bond donors (Lipinski definition) is 2. The number of amidine groups is 1. The van der Waals surface area contributed by atoms with Crippen LogP contribution in [-0.4, -0.2) is 45.6 Å². The molecule has 5 rings (SSSR count). The highest BCUT2D eigenvalue weighted by Crippen LogP contribution is 2.34. The average molecular weight is 484 g/mol. The topological polar surface area (TPSA) is 82.1 Å². The molecule has 2 aliphatic heterocycles. The normalized spacial score (nSPS) is 16.0. The van der Waals surface area contributed by atoms with Gasteiger partial charge in [0.1, 0.15) is 17.0 Å². The molecule has 0 radical (unpaired) electrons. The van der Waals surface area contributed by atoms with Gasteiger partial charge in [-0.25, -0.2) is 4.98 Å². The second-order valence-electron chi connectivity index (χ2n) is 7.76. The Bertz CT molecular complexity index is 1110. The zero-order chi connectivity index (χ0) is 21.8. The number of fused-ring (bicyclic) bond motifs is 2. The largest absolute Gasteiger partial charge is 0.508 e. The molecule has 1 saturated heterocycles. The molecule has 0 spiro atoms. The number of phenolic OH excluding ortho intramolecular Hbond substituents is 2. The minimum absolute atomic E-state index is 0.0960. The van der Waals surface area contributed by atoms with Gasteiger partial charge in [0.25, 0.3) is 0 Å². The van der Waals surface area contributed by atoms with Crippen molar-refractivity contribution in [3.8, 4) is 23.0 Å². The minimum Gasteiger partial charge on any atom is -0.508 e. The van der Waals surface area contributed by atoms with Gasteiger partial charge in [0.2, 0.25) is 5.89 Å². The molecule has 1 aromatic heterocycles. The Morgan fingerprint density at radius 1 is 1.00 bits per heavy atom. The Morgan fingerprint density at radius 2 is 1.77 bits per heavy atom. The molecule has 7 heteroatoms. The van der Waals surface area contributed by atoms with Gasteiger partial charge in [0, 0.05) is 47.7 Å².